The van der Waals surface area contributed by atoms with Gasteiger partial charge in [-0.3, -0.25) is 9.59 Å². The summed E-state index contributed by atoms with van der Waals surface area (Å²) in [6.45, 7) is 6.72. The molecule has 1 aromatic carbocycles. The highest BCUT2D eigenvalue weighted by Gasteiger charge is 2.49. The topological polar surface area (TPSA) is 95.9 Å². The molecule has 0 bridgehead atoms. The van der Waals surface area contributed by atoms with Gasteiger partial charge in [0.05, 0.1) is 13.0 Å². The van der Waals surface area contributed by atoms with Crippen LogP contribution in [0, 0.1) is 5.92 Å². The highest BCUT2D eigenvalue weighted by atomic mass is 16.5. The van der Waals surface area contributed by atoms with Crippen molar-refractivity contribution in [3.8, 4) is 5.75 Å². The number of aliphatic hydroxyl groups is 1. The fourth-order valence-corrected chi connectivity index (χ4v) is 3.23. The van der Waals surface area contributed by atoms with Gasteiger partial charge >= 0.3 is 5.97 Å². The largest absolute Gasteiger partial charge is 0.497 e. The number of benzene rings is 1. The molecule has 1 fully saturated rings. The molecule has 0 amide bonds. The summed E-state index contributed by atoms with van der Waals surface area (Å²) < 4.78 is 5.01. The van der Waals surface area contributed by atoms with Crippen LogP contribution >= 0.6 is 0 Å². The van der Waals surface area contributed by atoms with Crippen LogP contribution in [-0.2, 0) is 4.79 Å². The standard InChI is InChI=1S/C15H18O5.C6H15N/c1-20-11-7-5-10(6-8-11)13(16)15(19)9-3-2-4-12(15)14(17)18;1-3-5-7-6-4-2/h5-8,12,19H,2-4,9H2,1H3,(H,17,18);7H,3-6H2,1-2H3. The molecule has 1 aromatic rings. The normalized spacial score (nSPS) is 21.7. The smallest absolute Gasteiger partial charge is 0.309 e. The first-order valence-corrected chi connectivity index (χ1v) is 9.75. The van der Waals surface area contributed by atoms with E-state index in [1.165, 1.54) is 33.0 Å². The van der Waals surface area contributed by atoms with Gasteiger partial charge in [-0.1, -0.05) is 26.7 Å². The molecule has 1 saturated carbocycles. The molecule has 0 heterocycles. The third kappa shape index (κ3) is 6.63. The van der Waals surface area contributed by atoms with E-state index in [2.05, 4.69) is 19.2 Å². The van der Waals surface area contributed by atoms with Crippen LogP contribution in [0.5, 0.6) is 5.75 Å². The van der Waals surface area contributed by atoms with Gasteiger partial charge < -0.3 is 20.3 Å². The van der Waals surface area contributed by atoms with Crippen LogP contribution in [0.4, 0.5) is 0 Å². The van der Waals surface area contributed by atoms with Crippen molar-refractivity contribution in [2.45, 2.75) is 58.0 Å². The lowest BCUT2D eigenvalue weighted by atomic mass is 9.71. The maximum Gasteiger partial charge on any atom is 0.309 e. The third-order valence-corrected chi connectivity index (χ3v) is 4.77. The van der Waals surface area contributed by atoms with Crippen LogP contribution in [0.15, 0.2) is 24.3 Å². The Labute approximate surface area is 161 Å². The first-order valence-electron chi connectivity index (χ1n) is 9.75. The van der Waals surface area contributed by atoms with E-state index in [4.69, 9.17) is 4.74 Å². The highest BCUT2D eigenvalue weighted by Crippen LogP contribution is 2.36. The van der Waals surface area contributed by atoms with E-state index in [0.29, 0.717) is 24.2 Å². The van der Waals surface area contributed by atoms with Gasteiger partial charge in [0.1, 0.15) is 11.4 Å². The molecule has 2 atom stereocenters. The molecule has 152 valence electrons. The number of Topliss-reactive ketones (excluding diaryl/α,β-unsaturated/α-hetero) is 1. The zero-order chi connectivity index (χ0) is 20.3. The highest BCUT2D eigenvalue weighted by molar-refractivity contribution is 6.04. The molecule has 1 aliphatic carbocycles. The van der Waals surface area contributed by atoms with E-state index in [0.717, 1.165) is 6.42 Å². The zero-order valence-electron chi connectivity index (χ0n) is 16.7. The molecule has 2 unspecified atom stereocenters. The van der Waals surface area contributed by atoms with E-state index >= 15 is 0 Å². The molecule has 27 heavy (non-hydrogen) atoms. The van der Waals surface area contributed by atoms with Gasteiger partial charge in [-0.25, -0.2) is 0 Å². The van der Waals surface area contributed by atoms with Crippen molar-refractivity contribution in [1.82, 2.24) is 5.32 Å². The monoisotopic (exact) mass is 379 g/mol. The molecule has 0 aromatic heterocycles. The second-order valence-corrected chi connectivity index (χ2v) is 6.87. The molecule has 6 nitrogen and oxygen atoms in total. The third-order valence-electron chi connectivity index (χ3n) is 4.77. The summed E-state index contributed by atoms with van der Waals surface area (Å²) in [5, 5.41) is 23.1. The second-order valence-electron chi connectivity index (χ2n) is 6.87. The number of hydrogen-bond donors (Lipinski definition) is 3. The van der Waals surface area contributed by atoms with Crippen LogP contribution in [0.3, 0.4) is 0 Å². The first-order chi connectivity index (χ1) is 12.9. The summed E-state index contributed by atoms with van der Waals surface area (Å²) in [6.07, 6.45) is 4.39. The van der Waals surface area contributed by atoms with E-state index in [9.17, 15) is 19.8 Å². The van der Waals surface area contributed by atoms with Crippen molar-refractivity contribution in [1.29, 1.82) is 0 Å². The molecule has 2 rings (SSSR count). The fourth-order valence-electron chi connectivity index (χ4n) is 3.23. The Morgan fingerprint density at radius 3 is 2.22 bits per heavy atom. The number of ketones is 1. The van der Waals surface area contributed by atoms with Crippen molar-refractivity contribution < 1.29 is 24.5 Å². The molecule has 6 heteroatoms. The first kappa shape index (κ1) is 23.1. The van der Waals surface area contributed by atoms with Crippen molar-refractivity contribution in [2.24, 2.45) is 5.92 Å². The van der Waals surface area contributed by atoms with Crippen LogP contribution in [0.1, 0.15) is 62.7 Å². The number of nitrogens with one attached hydrogen (secondary N) is 1. The maximum absolute atomic E-state index is 12.5. The van der Waals surface area contributed by atoms with Crippen LogP contribution in [-0.4, -0.2) is 47.8 Å². The quantitative estimate of drug-likeness (QED) is 0.474. The molecule has 1 aliphatic rings. The number of ether oxygens (including phenoxy) is 1. The van der Waals surface area contributed by atoms with Crippen molar-refractivity contribution >= 4 is 11.8 Å². The van der Waals surface area contributed by atoms with Crippen LogP contribution < -0.4 is 10.1 Å². The number of carbonyl (C=O) groups excluding carboxylic acids is 1. The Hall–Kier alpha value is -1.92. The fraction of sp³-hybridized carbons (Fsp3) is 0.619. The Morgan fingerprint density at radius 2 is 1.74 bits per heavy atom. The summed E-state index contributed by atoms with van der Waals surface area (Å²) in [5.74, 6) is -2.07. The summed E-state index contributed by atoms with van der Waals surface area (Å²) in [5.41, 5.74) is -1.50. The lowest BCUT2D eigenvalue weighted by molar-refractivity contribution is -0.151. The molecular formula is C21H33NO5. The van der Waals surface area contributed by atoms with Gasteiger partial charge in [-0.05, 0) is 63.0 Å². The number of aliphatic carboxylic acids is 1. The predicted octanol–water partition coefficient (Wildman–Crippen LogP) is 3.28. The minimum absolute atomic E-state index is 0.189. The molecule has 0 radical (unpaired) electrons. The number of hydrogen-bond acceptors (Lipinski definition) is 5. The molecular weight excluding hydrogens is 346 g/mol. The molecule has 0 spiro atoms. The number of rotatable bonds is 8. The number of methoxy groups -OCH3 is 1. The van der Waals surface area contributed by atoms with E-state index in [1.54, 1.807) is 24.3 Å². The summed E-state index contributed by atoms with van der Waals surface area (Å²) >= 11 is 0. The average molecular weight is 379 g/mol. The minimum atomic E-state index is -1.81. The van der Waals surface area contributed by atoms with E-state index < -0.39 is 23.3 Å². The molecule has 3 N–H and O–H groups in total. The van der Waals surface area contributed by atoms with Crippen LogP contribution in [0.25, 0.3) is 0 Å². The van der Waals surface area contributed by atoms with Gasteiger partial charge in [0.15, 0.2) is 5.78 Å². The van der Waals surface area contributed by atoms with Gasteiger partial charge in [0, 0.05) is 5.56 Å². The maximum atomic E-state index is 12.5. The van der Waals surface area contributed by atoms with Gasteiger partial charge in [-0.2, -0.15) is 0 Å². The second kappa shape index (κ2) is 11.7. The lowest BCUT2D eigenvalue weighted by Crippen LogP contribution is -2.51. The van der Waals surface area contributed by atoms with Gasteiger partial charge in [-0.15, -0.1) is 0 Å². The predicted molar refractivity (Wildman–Crippen MR) is 105 cm³/mol. The Bertz CT molecular complexity index is 583. The summed E-state index contributed by atoms with van der Waals surface area (Å²) in [4.78, 5) is 23.8. The summed E-state index contributed by atoms with van der Waals surface area (Å²) in [6, 6.07) is 6.34. The number of carboxylic acids is 1. The minimum Gasteiger partial charge on any atom is -0.497 e. The van der Waals surface area contributed by atoms with Crippen molar-refractivity contribution in [3.63, 3.8) is 0 Å². The van der Waals surface area contributed by atoms with Gasteiger partial charge in [0.25, 0.3) is 0 Å². The van der Waals surface area contributed by atoms with E-state index in [1.807, 2.05) is 0 Å². The number of carboxylic acid groups (broad SMARTS) is 1. The SMILES string of the molecule is CCCNCCC.COc1ccc(C(=O)C2(O)CCCCC2C(=O)O)cc1. The lowest BCUT2D eigenvalue weighted by Gasteiger charge is -2.36. The van der Waals surface area contributed by atoms with E-state index in [-0.39, 0.29) is 6.42 Å². The molecule has 0 aliphatic heterocycles. The van der Waals surface area contributed by atoms with Gasteiger partial charge in [0.2, 0.25) is 0 Å². The Balaban J connectivity index is 0.000000445. The summed E-state index contributed by atoms with van der Waals surface area (Å²) in [7, 11) is 1.52. The average Bonchev–Trinajstić information content (AvgIpc) is 2.68. The number of carbonyl (C=O) groups is 2. The molecule has 0 saturated heterocycles. The Kier molecular flexibility index (Phi) is 10.0. The van der Waals surface area contributed by atoms with Crippen molar-refractivity contribution in [3.05, 3.63) is 29.8 Å². The van der Waals surface area contributed by atoms with Crippen LogP contribution in [0.2, 0.25) is 0 Å². The Morgan fingerprint density at radius 1 is 1.15 bits per heavy atom. The zero-order valence-corrected chi connectivity index (χ0v) is 16.7. The van der Waals surface area contributed by atoms with Crippen molar-refractivity contribution in [2.75, 3.05) is 20.2 Å².